The van der Waals surface area contributed by atoms with Crippen molar-refractivity contribution < 1.29 is 0 Å². The summed E-state index contributed by atoms with van der Waals surface area (Å²) in [5.74, 6) is 0.771. The number of benzene rings is 1. The molecular formula is C16H12BrN3OS2. The molecule has 0 unspecified atom stereocenters. The third-order valence-electron chi connectivity index (χ3n) is 3.25. The number of hydrogen-bond donors (Lipinski definition) is 1. The Hall–Kier alpha value is -1.62. The molecule has 0 fully saturated rings. The van der Waals surface area contributed by atoms with Gasteiger partial charge in [-0.05, 0) is 24.1 Å². The van der Waals surface area contributed by atoms with E-state index in [1.165, 1.54) is 23.1 Å². The molecule has 2 heterocycles. The third-order valence-corrected chi connectivity index (χ3v) is 5.61. The molecule has 0 saturated heterocycles. The summed E-state index contributed by atoms with van der Waals surface area (Å²) in [6.45, 7) is 0. The van der Waals surface area contributed by atoms with E-state index in [4.69, 9.17) is 5.26 Å². The van der Waals surface area contributed by atoms with Gasteiger partial charge in [0, 0.05) is 27.6 Å². The summed E-state index contributed by atoms with van der Waals surface area (Å²) in [4.78, 5) is 20.6. The minimum atomic E-state index is -0.114. The van der Waals surface area contributed by atoms with Gasteiger partial charge in [0.25, 0.3) is 5.56 Å². The molecule has 23 heavy (non-hydrogen) atoms. The maximum atomic E-state index is 12.4. The zero-order chi connectivity index (χ0) is 16.2. The number of fused-ring (bicyclic) bond motifs is 1. The second-order valence-electron chi connectivity index (χ2n) is 4.82. The van der Waals surface area contributed by atoms with Crippen LogP contribution in [0.15, 0.2) is 44.1 Å². The van der Waals surface area contributed by atoms with Gasteiger partial charge in [-0.25, -0.2) is 4.98 Å². The summed E-state index contributed by atoms with van der Waals surface area (Å²) in [6.07, 6.45) is 1.31. The number of nitrogens with zero attached hydrogens (tertiary/aromatic N) is 2. The molecule has 0 atom stereocenters. The topological polar surface area (TPSA) is 69.5 Å². The first-order valence-corrected chi connectivity index (χ1v) is 9.62. The Labute approximate surface area is 149 Å². The summed E-state index contributed by atoms with van der Waals surface area (Å²) in [5.41, 5.74) is 1.80. The third kappa shape index (κ3) is 3.66. The molecule has 3 aromatic rings. The Morgan fingerprint density at radius 2 is 2.13 bits per heavy atom. The Balaban J connectivity index is 1.93. The number of H-pyrrole nitrogens is 1. The molecule has 0 saturated carbocycles. The highest BCUT2D eigenvalue weighted by Gasteiger charge is 2.13. The highest BCUT2D eigenvalue weighted by atomic mass is 79.9. The summed E-state index contributed by atoms with van der Waals surface area (Å²) in [7, 11) is 0. The number of nitriles is 1. The minimum absolute atomic E-state index is 0.114. The Morgan fingerprint density at radius 1 is 1.35 bits per heavy atom. The van der Waals surface area contributed by atoms with Gasteiger partial charge in [-0.1, -0.05) is 39.8 Å². The van der Waals surface area contributed by atoms with E-state index in [0.717, 1.165) is 32.6 Å². The normalized spacial score (nSPS) is 10.8. The number of unbranched alkanes of at least 4 members (excludes halogenated alkanes) is 1. The minimum Gasteiger partial charge on any atom is -0.301 e. The number of rotatable bonds is 5. The molecule has 0 aliphatic rings. The van der Waals surface area contributed by atoms with Crippen molar-refractivity contribution >= 4 is 49.2 Å². The molecule has 0 amide bonds. The molecule has 116 valence electrons. The number of nitrogens with one attached hydrogen (secondary N) is 1. The lowest BCUT2D eigenvalue weighted by Crippen LogP contribution is -2.08. The van der Waals surface area contributed by atoms with Crippen molar-refractivity contribution in [1.82, 2.24) is 9.97 Å². The second-order valence-corrected chi connectivity index (χ2v) is 7.68. The maximum absolute atomic E-state index is 12.4. The SMILES string of the molecule is N#CCCCSc1nc2scc(-c3ccc(Br)cc3)c2c(=O)[nH]1. The van der Waals surface area contributed by atoms with Gasteiger partial charge >= 0.3 is 0 Å². The summed E-state index contributed by atoms with van der Waals surface area (Å²) in [5, 5.41) is 11.8. The van der Waals surface area contributed by atoms with Gasteiger partial charge in [-0.3, -0.25) is 4.79 Å². The first kappa shape index (κ1) is 16.2. The highest BCUT2D eigenvalue weighted by Crippen LogP contribution is 2.32. The maximum Gasteiger partial charge on any atom is 0.260 e. The van der Waals surface area contributed by atoms with Crippen LogP contribution in [0.1, 0.15) is 12.8 Å². The Kier molecular flexibility index (Phi) is 5.16. The van der Waals surface area contributed by atoms with E-state index in [1.54, 1.807) is 0 Å². The monoisotopic (exact) mass is 405 g/mol. The van der Waals surface area contributed by atoms with E-state index in [0.29, 0.717) is 17.0 Å². The fourth-order valence-corrected chi connectivity index (χ4v) is 4.23. The van der Waals surface area contributed by atoms with Crippen molar-refractivity contribution in [3.8, 4) is 17.2 Å². The predicted molar refractivity (Wildman–Crippen MR) is 98.9 cm³/mol. The number of halogens is 1. The van der Waals surface area contributed by atoms with Gasteiger partial charge < -0.3 is 4.98 Å². The van der Waals surface area contributed by atoms with Gasteiger partial charge in [0.1, 0.15) is 4.83 Å². The molecule has 2 aromatic heterocycles. The van der Waals surface area contributed by atoms with Crippen LogP contribution in [0.3, 0.4) is 0 Å². The molecule has 0 radical (unpaired) electrons. The van der Waals surface area contributed by atoms with Crippen LogP contribution in [0, 0.1) is 11.3 Å². The second kappa shape index (κ2) is 7.30. The molecular weight excluding hydrogens is 394 g/mol. The van der Waals surface area contributed by atoms with Crippen LogP contribution < -0.4 is 5.56 Å². The lowest BCUT2D eigenvalue weighted by molar-refractivity contribution is 0.951. The van der Waals surface area contributed by atoms with E-state index >= 15 is 0 Å². The van der Waals surface area contributed by atoms with Crippen molar-refractivity contribution in [2.45, 2.75) is 18.0 Å². The molecule has 7 heteroatoms. The summed E-state index contributed by atoms with van der Waals surface area (Å²) in [6, 6.07) is 9.99. The van der Waals surface area contributed by atoms with Gasteiger partial charge in [-0.2, -0.15) is 5.26 Å². The lowest BCUT2D eigenvalue weighted by Gasteiger charge is -2.02. The average Bonchev–Trinajstić information content (AvgIpc) is 2.97. The van der Waals surface area contributed by atoms with Crippen LogP contribution in [-0.2, 0) is 0 Å². The quantitative estimate of drug-likeness (QED) is 0.375. The van der Waals surface area contributed by atoms with E-state index < -0.39 is 0 Å². The fraction of sp³-hybridized carbons (Fsp3) is 0.188. The van der Waals surface area contributed by atoms with E-state index in [1.807, 2.05) is 29.6 Å². The van der Waals surface area contributed by atoms with Gasteiger partial charge in [-0.15, -0.1) is 11.3 Å². The van der Waals surface area contributed by atoms with Crippen LogP contribution in [0.25, 0.3) is 21.3 Å². The van der Waals surface area contributed by atoms with E-state index in [9.17, 15) is 4.79 Å². The van der Waals surface area contributed by atoms with Crippen molar-refractivity contribution in [2.24, 2.45) is 0 Å². The number of thioether (sulfide) groups is 1. The van der Waals surface area contributed by atoms with Gasteiger partial charge in [0.15, 0.2) is 5.16 Å². The predicted octanol–water partition coefficient (Wildman–Crippen LogP) is 4.81. The van der Waals surface area contributed by atoms with E-state index in [2.05, 4.69) is 32.0 Å². The van der Waals surface area contributed by atoms with Crippen LogP contribution in [0.4, 0.5) is 0 Å². The zero-order valence-corrected chi connectivity index (χ0v) is 15.2. The van der Waals surface area contributed by atoms with Crippen LogP contribution in [0.5, 0.6) is 0 Å². The number of thiophene rings is 1. The van der Waals surface area contributed by atoms with Crippen molar-refractivity contribution in [1.29, 1.82) is 5.26 Å². The molecule has 4 nitrogen and oxygen atoms in total. The van der Waals surface area contributed by atoms with Crippen LogP contribution in [-0.4, -0.2) is 15.7 Å². The van der Waals surface area contributed by atoms with Crippen molar-refractivity contribution in [2.75, 3.05) is 5.75 Å². The zero-order valence-electron chi connectivity index (χ0n) is 12.0. The summed E-state index contributed by atoms with van der Waals surface area (Å²) >= 11 is 6.37. The Bertz CT molecular complexity index is 925. The summed E-state index contributed by atoms with van der Waals surface area (Å²) < 4.78 is 1.00. The molecule has 0 bridgehead atoms. The molecule has 0 aliphatic carbocycles. The van der Waals surface area contributed by atoms with Gasteiger partial charge in [0.2, 0.25) is 0 Å². The molecule has 1 N–H and O–H groups in total. The average molecular weight is 406 g/mol. The first-order chi connectivity index (χ1) is 11.2. The van der Waals surface area contributed by atoms with Crippen molar-refractivity contribution in [3.05, 3.63) is 44.5 Å². The fourth-order valence-electron chi connectivity index (χ4n) is 2.16. The number of aromatic amines is 1. The molecule has 0 spiro atoms. The van der Waals surface area contributed by atoms with Crippen LogP contribution >= 0.6 is 39.0 Å². The standard InChI is InChI=1S/C16H12BrN3OS2/c17-11-5-3-10(4-6-11)12-9-23-15-13(12)14(21)19-16(20-15)22-8-2-1-7-18/h3-6,9H,1-2,8H2,(H,19,20,21). The Morgan fingerprint density at radius 3 is 2.87 bits per heavy atom. The number of hydrogen-bond acceptors (Lipinski definition) is 5. The smallest absolute Gasteiger partial charge is 0.260 e. The number of aromatic nitrogens is 2. The highest BCUT2D eigenvalue weighted by molar-refractivity contribution is 9.10. The molecule has 3 rings (SSSR count). The van der Waals surface area contributed by atoms with E-state index in [-0.39, 0.29) is 5.56 Å². The molecule has 0 aliphatic heterocycles. The molecule has 1 aromatic carbocycles. The van der Waals surface area contributed by atoms with Crippen molar-refractivity contribution in [3.63, 3.8) is 0 Å². The largest absolute Gasteiger partial charge is 0.301 e. The lowest BCUT2D eigenvalue weighted by atomic mass is 10.1. The van der Waals surface area contributed by atoms with Gasteiger partial charge in [0.05, 0.1) is 11.5 Å². The van der Waals surface area contributed by atoms with Crippen LogP contribution in [0.2, 0.25) is 0 Å². The first-order valence-electron chi connectivity index (χ1n) is 6.96.